The van der Waals surface area contributed by atoms with Gasteiger partial charge in [-0.1, -0.05) is 13.0 Å². The molecular weight excluding hydrogens is 262 g/mol. The van der Waals surface area contributed by atoms with Crippen molar-refractivity contribution in [3.63, 3.8) is 0 Å². The van der Waals surface area contributed by atoms with Crippen molar-refractivity contribution in [1.82, 2.24) is 5.32 Å². The minimum Gasteiger partial charge on any atom is -0.497 e. The van der Waals surface area contributed by atoms with Crippen molar-refractivity contribution in [3.8, 4) is 11.5 Å². The van der Waals surface area contributed by atoms with Crippen LogP contribution in [-0.2, 0) is 6.54 Å². The van der Waals surface area contributed by atoms with Gasteiger partial charge in [0.1, 0.15) is 11.5 Å². The van der Waals surface area contributed by atoms with E-state index < -0.39 is 0 Å². The van der Waals surface area contributed by atoms with E-state index in [1.807, 2.05) is 12.1 Å². The molecule has 0 radical (unpaired) electrons. The molecule has 3 rings (SSSR count). The van der Waals surface area contributed by atoms with Crippen LogP contribution in [0.3, 0.4) is 0 Å². The quantitative estimate of drug-likeness (QED) is 0.861. The fourth-order valence-electron chi connectivity index (χ4n) is 2.99. The van der Waals surface area contributed by atoms with E-state index in [9.17, 15) is 0 Å². The highest BCUT2D eigenvalue weighted by Crippen LogP contribution is 2.31. The predicted molar refractivity (Wildman–Crippen MR) is 84.9 cm³/mol. The summed E-state index contributed by atoms with van der Waals surface area (Å²) in [4.78, 5) is 0. The monoisotopic (exact) mass is 289 g/mol. The van der Waals surface area contributed by atoms with Crippen LogP contribution < -0.4 is 14.8 Å². The van der Waals surface area contributed by atoms with E-state index in [4.69, 9.17) is 9.47 Å². The minimum atomic E-state index is 0.369. The number of methoxy groups -OCH3 is 1. The second kappa shape index (κ2) is 6.69. The number of hydrogen-bond donors (Lipinski definition) is 1. The Morgan fingerprint density at radius 2 is 1.86 bits per heavy atom. The molecule has 2 aliphatic rings. The van der Waals surface area contributed by atoms with E-state index in [0.717, 1.165) is 30.0 Å². The van der Waals surface area contributed by atoms with Crippen molar-refractivity contribution >= 4 is 0 Å². The lowest BCUT2D eigenvalue weighted by Crippen LogP contribution is -2.24. The molecule has 2 fully saturated rings. The van der Waals surface area contributed by atoms with Gasteiger partial charge in [0.2, 0.25) is 0 Å². The summed E-state index contributed by atoms with van der Waals surface area (Å²) in [6.07, 6.45) is 7.91. The van der Waals surface area contributed by atoms with Crippen molar-refractivity contribution < 1.29 is 9.47 Å². The Morgan fingerprint density at radius 1 is 1.10 bits per heavy atom. The number of ether oxygens (including phenoxy) is 2. The number of benzene rings is 1. The number of hydrogen-bond acceptors (Lipinski definition) is 3. The summed E-state index contributed by atoms with van der Waals surface area (Å²) in [6, 6.07) is 6.92. The maximum Gasteiger partial charge on any atom is 0.127 e. The van der Waals surface area contributed by atoms with E-state index in [-0.39, 0.29) is 0 Å². The lowest BCUT2D eigenvalue weighted by atomic mass is 9.89. The normalized spacial score (nSPS) is 25.6. The van der Waals surface area contributed by atoms with Gasteiger partial charge in [-0.3, -0.25) is 0 Å². The summed E-state index contributed by atoms with van der Waals surface area (Å²) in [5.41, 5.74) is 1.25. The average molecular weight is 289 g/mol. The van der Waals surface area contributed by atoms with Gasteiger partial charge in [-0.2, -0.15) is 0 Å². The van der Waals surface area contributed by atoms with Crippen LogP contribution in [0.15, 0.2) is 18.2 Å². The second-order valence-electron chi connectivity index (χ2n) is 6.63. The Kier molecular flexibility index (Phi) is 4.69. The van der Waals surface area contributed by atoms with Crippen LogP contribution in [-0.4, -0.2) is 19.3 Å². The van der Waals surface area contributed by atoms with Crippen LogP contribution in [0, 0.1) is 5.92 Å². The number of rotatable bonds is 6. The Balaban J connectivity index is 1.67. The van der Waals surface area contributed by atoms with Crippen molar-refractivity contribution in [2.45, 2.75) is 64.1 Å². The topological polar surface area (TPSA) is 30.5 Å². The van der Waals surface area contributed by atoms with E-state index >= 15 is 0 Å². The van der Waals surface area contributed by atoms with Gasteiger partial charge in [-0.25, -0.2) is 0 Å². The first-order valence-electron chi connectivity index (χ1n) is 8.31. The molecule has 0 unspecified atom stereocenters. The molecule has 3 heteroatoms. The molecule has 2 saturated carbocycles. The van der Waals surface area contributed by atoms with Crippen molar-refractivity contribution in [2.24, 2.45) is 5.92 Å². The maximum absolute atomic E-state index is 6.31. The van der Waals surface area contributed by atoms with Crippen LogP contribution >= 0.6 is 0 Å². The van der Waals surface area contributed by atoms with Crippen LogP contribution in [0.4, 0.5) is 0 Å². The van der Waals surface area contributed by atoms with Crippen LogP contribution in [0.2, 0.25) is 0 Å². The number of nitrogens with one attached hydrogen (secondary N) is 1. The molecule has 1 aromatic rings. The Morgan fingerprint density at radius 3 is 2.52 bits per heavy atom. The Hall–Kier alpha value is -1.22. The fraction of sp³-hybridized carbons (Fsp3) is 0.667. The van der Waals surface area contributed by atoms with Crippen LogP contribution in [0.5, 0.6) is 11.5 Å². The first-order chi connectivity index (χ1) is 10.2. The molecule has 0 bridgehead atoms. The molecule has 2 aliphatic carbocycles. The van der Waals surface area contributed by atoms with Gasteiger partial charge in [0.25, 0.3) is 0 Å². The molecule has 0 heterocycles. The molecule has 21 heavy (non-hydrogen) atoms. The van der Waals surface area contributed by atoms with Gasteiger partial charge in [-0.15, -0.1) is 0 Å². The zero-order valence-electron chi connectivity index (χ0n) is 13.2. The van der Waals surface area contributed by atoms with Gasteiger partial charge in [0, 0.05) is 24.2 Å². The van der Waals surface area contributed by atoms with E-state index in [1.54, 1.807) is 7.11 Å². The highest BCUT2D eigenvalue weighted by atomic mass is 16.5. The predicted octanol–water partition coefficient (Wildman–Crippen LogP) is 3.90. The van der Waals surface area contributed by atoms with Crippen molar-refractivity contribution in [1.29, 1.82) is 0 Å². The van der Waals surface area contributed by atoms with Gasteiger partial charge in [0.05, 0.1) is 13.2 Å². The summed E-state index contributed by atoms with van der Waals surface area (Å²) in [7, 11) is 1.71. The summed E-state index contributed by atoms with van der Waals surface area (Å²) >= 11 is 0. The molecule has 1 aromatic carbocycles. The van der Waals surface area contributed by atoms with Gasteiger partial charge >= 0.3 is 0 Å². The molecule has 0 aliphatic heterocycles. The zero-order valence-corrected chi connectivity index (χ0v) is 13.2. The van der Waals surface area contributed by atoms with Gasteiger partial charge < -0.3 is 14.8 Å². The summed E-state index contributed by atoms with van der Waals surface area (Å²) < 4.78 is 11.7. The molecule has 0 atom stereocenters. The van der Waals surface area contributed by atoms with Crippen molar-refractivity contribution in [3.05, 3.63) is 23.8 Å². The molecule has 0 aromatic heterocycles. The van der Waals surface area contributed by atoms with Crippen LogP contribution in [0.25, 0.3) is 0 Å². The largest absolute Gasteiger partial charge is 0.497 e. The first-order valence-corrected chi connectivity index (χ1v) is 8.31. The highest BCUT2D eigenvalue weighted by Gasteiger charge is 2.23. The lowest BCUT2D eigenvalue weighted by molar-refractivity contribution is 0.134. The molecular formula is C18H27NO2. The second-order valence-corrected chi connectivity index (χ2v) is 6.63. The molecule has 3 nitrogen and oxygen atoms in total. The summed E-state index contributed by atoms with van der Waals surface area (Å²) in [5, 5.41) is 3.57. The SMILES string of the molecule is COc1ccc(CNC2CC2)c(OC2CCC(C)CC2)c1. The van der Waals surface area contributed by atoms with Gasteiger partial charge in [0.15, 0.2) is 0 Å². The third kappa shape index (κ3) is 4.13. The molecule has 0 spiro atoms. The zero-order chi connectivity index (χ0) is 14.7. The molecule has 116 valence electrons. The van der Waals surface area contributed by atoms with E-state index in [0.29, 0.717) is 6.10 Å². The Labute approximate surface area is 128 Å². The van der Waals surface area contributed by atoms with Gasteiger partial charge in [-0.05, 0) is 50.5 Å². The van der Waals surface area contributed by atoms with E-state index in [2.05, 4.69) is 18.3 Å². The smallest absolute Gasteiger partial charge is 0.127 e. The third-order valence-electron chi connectivity index (χ3n) is 4.69. The molecule has 1 N–H and O–H groups in total. The summed E-state index contributed by atoms with van der Waals surface area (Å²) in [5.74, 6) is 2.73. The Bertz CT molecular complexity index is 462. The fourth-order valence-corrected chi connectivity index (χ4v) is 2.99. The molecule has 0 saturated heterocycles. The third-order valence-corrected chi connectivity index (χ3v) is 4.69. The minimum absolute atomic E-state index is 0.369. The van der Waals surface area contributed by atoms with Crippen molar-refractivity contribution in [2.75, 3.05) is 7.11 Å². The van der Waals surface area contributed by atoms with E-state index in [1.165, 1.54) is 44.1 Å². The highest BCUT2D eigenvalue weighted by molar-refractivity contribution is 5.41. The summed E-state index contributed by atoms with van der Waals surface area (Å²) in [6.45, 7) is 3.24. The van der Waals surface area contributed by atoms with Crippen LogP contribution in [0.1, 0.15) is 51.0 Å². The standard InChI is InChI=1S/C18H27NO2/c1-13-3-8-16(9-4-13)21-18-11-17(20-2)10-5-14(18)12-19-15-6-7-15/h5,10-11,13,15-16,19H,3-4,6-9,12H2,1-2H3. The maximum atomic E-state index is 6.31. The first kappa shape index (κ1) is 14.7. The molecule has 0 amide bonds. The average Bonchev–Trinajstić information content (AvgIpc) is 3.32. The lowest BCUT2D eigenvalue weighted by Gasteiger charge is -2.28.